The van der Waals surface area contributed by atoms with E-state index < -0.39 is 0 Å². The van der Waals surface area contributed by atoms with Gasteiger partial charge in [-0.15, -0.1) is 0 Å². The van der Waals surface area contributed by atoms with Crippen LogP contribution in [0.1, 0.15) is 72.6 Å². The van der Waals surface area contributed by atoms with Crippen LogP contribution >= 0.6 is 0 Å². The summed E-state index contributed by atoms with van der Waals surface area (Å²) in [5, 5.41) is 0. The fourth-order valence-corrected chi connectivity index (χ4v) is 4.47. The molecule has 5 atom stereocenters. The van der Waals surface area contributed by atoms with E-state index in [1.54, 1.807) is 0 Å². The number of likely N-dealkylation sites (N-methyl/N-ethyl adjacent to an activating group) is 1. The zero-order valence-electron chi connectivity index (χ0n) is 14.4. The maximum Gasteiger partial charge on any atom is 0.0249 e. The predicted octanol–water partition coefficient (Wildman–Crippen LogP) is 4.04. The molecule has 0 aromatic rings. The average molecular weight is 280 g/mol. The zero-order valence-corrected chi connectivity index (χ0v) is 14.4. The van der Waals surface area contributed by atoms with Gasteiger partial charge in [0.05, 0.1) is 0 Å². The molecule has 0 bridgehead atoms. The summed E-state index contributed by atoms with van der Waals surface area (Å²) in [5.74, 6) is 1.73. The Morgan fingerprint density at radius 3 is 2.30 bits per heavy atom. The highest BCUT2D eigenvalue weighted by Crippen LogP contribution is 2.40. The first kappa shape index (κ1) is 16.3. The van der Waals surface area contributed by atoms with Gasteiger partial charge in [-0.05, 0) is 56.4 Å². The summed E-state index contributed by atoms with van der Waals surface area (Å²) in [6.45, 7) is 9.61. The Morgan fingerprint density at radius 1 is 1.00 bits per heavy atom. The maximum absolute atomic E-state index is 6.49. The van der Waals surface area contributed by atoms with E-state index in [4.69, 9.17) is 5.73 Å². The fraction of sp³-hybridized carbons (Fsp3) is 1.00. The number of hydrogen-bond acceptors (Lipinski definition) is 2. The van der Waals surface area contributed by atoms with Crippen LogP contribution < -0.4 is 5.73 Å². The quantitative estimate of drug-likeness (QED) is 0.827. The van der Waals surface area contributed by atoms with Crippen molar-refractivity contribution in [2.75, 3.05) is 7.05 Å². The van der Waals surface area contributed by atoms with Crippen molar-refractivity contribution in [3.8, 4) is 0 Å². The van der Waals surface area contributed by atoms with Gasteiger partial charge >= 0.3 is 0 Å². The Morgan fingerprint density at radius 2 is 1.70 bits per heavy atom. The lowest BCUT2D eigenvalue weighted by atomic mass is 9.69. The van der Waals surface area contributed by atoms with Gasteiger partial charge in [0.1, 0.15) is 0 Å². The molecular weight excluding hydrogens is 244 g/mol. The summed E-state index contributed by atoms with van der Waals surface area (Å²) in [6.07, 6.45) is 9.40. The highest BCUT2D eigenvalue weighted by atomic mass is 15.2. The molecule has 2 saturated carbocycles. The largest absolute Gasteiger partial charge is 0.326 e. The van der Waals surface area contributed by atoms with Crippen molar-refractivity contribution in [2.45, 2.75) is 90.8 Å². The highest BCUT2D eigenvalue weighted by Gasteiger charge is 2.38. The van der Waals surface area contributed by atoms with Gasteiger partial charge in [0.15, 0.2) is 0 Å². The molecule has 0 aliphatic heterocycles. The second-order valence-corrected chi connectivity index (χ2v) is 8.70. The van der Waals surface area contributed by atoms with Crippen LogP contribution in [-0.4, -0.2) is 30.1 Å². The summed E-state index contributed by atoms with van der Waals surface area (Å²) < 4.78 is 0. The van der Waals surface area contributed by atoms with Crippen molar-refractivity contribution in [2.24, 2.45) is 23.0 Å². The molecule has 20 heavy (non-hydrogen) atoms. The third kappa shape index (κ3) is 3.76. The number of hydrogen-bond donors (Lipinski definition) is 1. The Balaban J connectivity index is 2.01. The Kier molecular flexibility index (Phi) is 5.18. The first-order chi connectivity index (χ1) is 9.29. The lowest BCUT2D eigenvalue weighted by molar-refractivity contribution is 0.0424. The van der Waals surface area contributed by atoms with Gasteiger partial charge in [0.2, 0.25) is 0 Å². The summed E-state index contributed by atoms with van der Waals surface area (Å²) in [7, 11) is 2.35. The van der Waals surface area contributed by atoms with E-state index >= 15 is 0 Å². The van der Waals surface area contributed by atoms with Gasteiger partial charge in [0, 0.05) is 18.1 Å². The van der Waals surface area contributed by atoms with E-state index in [-0.39, 0.29) is 0 Å². The van der Waals surface area contributed by atoms with Crippen LogP contribution in [-0.2, 0) is 0 Å². The molecule has 0 aromatic carbocycles. The summed E-state index contributed by atoms with van der Waals surface area (Å²) in [6, 6.07) is 1.76. The molecule has 2 aliphatic carbocycles. The monoisotopic (exact) mass is 280 g/mol. The van der Waals surface area contributed by atoms with Crippen molar-refractivity contribution in [3.63, 3.8) is 0 Å². The lowest BCUT2D eigenvalue weighted by Crippen LogP contribution is -2.54. The average Bonchev–Trinajstić information content (AvgIpc) is 2.37. The van der Waals surface area contributed by atoms with Gasteiger partial charge in [0.25, 0.3) is 0 Å². The minimum absolute atomic E-state index is 0.385. The topological polar surface area (TPSA) is 29.3 Å². The van der Waals surface area contributed by atoms with Gasteiger partial charge < -0.3 is 5.73 Å². The third-order valence-corrected chi connectivity index (χ3v) is 6.10. The smallest absolute Gasteiger partial charge is 0.0249 e. The molecule has 2 fully saturated rings. The molecule has 2 rings (SSSR count). The van der Waals surface area contributed by atoms with Crippen LogP contribution in [0.5, 0.6) is 0 Å². The highest BCUT2D eigenvalue weighted by molar-refractivity contribution is 4.94. The summed E-state index contributed by atoms with van der Waals surface area (Å²) >= 11 is 0. The van der Waals surface area contributed by atoms with E-state index in [2.05, 4.69) is 39.6 Å². The minimum Gasteiger partial charge on any atom is -0.326 e. The van der Waals surface area contributed by atoms with Crippen molar-refractivity contribution in [1.82, 2.24) is 4.90 Å². The summed E-state index contributed by atoms with van der Waals surface area (Å²) in [4.78, 5) is 2.66. The maximum atomic E-state index is 6.49. The second-order valence-electron chi connectivity index (χ2n) is 8.70. The van der Waals surface area contributed by atoms with Crippen LogP contribution in [0.3, 0.4) is 0 Å². The van der Waals surface area contributed by atoms with E-state index in [9.17, 15) is 0 Å². The molecule has 0 amide bonds. The molecule has 2 N–H and O–H groups in total. The second kappa shape index (κ2) is 6.36. The van der Waals surface area contributed by atoms with Crippen LogP contribution in [0.4, 0.5) is 0 Å². The molecule has 5 unspecified atom stereocenters. The number of rotatable bonds is 2. The van der Waals surface area contributed by atoms with Crippen molar-refractivity contribution >= 4 is 0 Å². The van der Waals surface area contributed by atoms with E-state index in [0.29, 0.717) is 17.5 Å². The van der Waals surface area contributed by atoms with E-state index in [1.165, 1.54) is 44.9 Å². The SMILES string of the molecule is CC1CCCC(N(C)C2CC(C(C)(C)C)CCC2N)C1. The van der Waals surface area contributed by atoms with Crippen LogP contribution in [0.15, 0.2) is 0 Å². The Labute approximate surface area is 126 Å². The molecule has 118 valence electrons. The third-order valence-electron chi connectivity index (χ3n) is 6.10. The minimum atomic E-state index is 0.385. The lowest BCUT2D eigenvalue weighted by Gasteiger charge is -2.47. The number of nitrogens with two attached hydrogens (primary N) is 1. The van der Waals surface area contributed by atoms with E-state index in [1.807, 2.05) is 0 Å². The molecule has 2 heteroatoms. The zero-order chi connectivity index (χ0) is 14.9. The van der Waals surface area contributed by atoms with Gasteiger partial charge in [-0.2, -0.15) is 0 Å². The van der Waals surface area contributed by atoms with Crippen LogP contribution in [0, 0.1) is 17.3 Å². The van der Waals surface area contributed by atoms with E-state index in [0.717, 1.165) is 17.9 Å². The molecule has 2 aliphatic rings. The molecule has 0 heterocycles. The molecule has 0 saturated heterocycles. The fourth-order valence-electron chi connectivity index (χ4n) is 4.47. The van der Waals surface area contributed by atoms with Crippen molar-refractivity contribution in [3.05, 3.63) is 0 Å². The first-order valence-corrected chi connectivity index (χ1v) is 8.76. The van der Waals surface area contributed by atoms with Crippen molar-refractivity contribution in [1.29, 1.82) is 0 Å². The van der Waals surface area contributed by atoms with Gasteiger partial charge in [-0.1, -0.05) is 40.5 Å². The van der Waals surface area contributed by atoms with Crippen molar-refractivity contribution < 1.29 is 0 Å². The normalized spacial score (nSPS) is 40.0. The van der Waals surface area contributed by atoms with Gasteiger partial charge in [-0.25, -0.2) is 0 Å². The Hall–Kier alpha value is -0.0800. The molecule has 2 nitrogen and oxygen atoms in total. The Bertz CT molecular complexity index is 307. The predicted molar refractivity (Wildman–Crippen MR) is 87.7 cm³/mol. The van der Waals surface area contributed by atoms with Crippen LogP contribution in [0.25, 0.3) is 0 Å². The summed E-state index contributed by atoms with van der Waals surface area (Å²) in [5.41, 5.74) is 6.91. The molecular formula is C18H36N2. The molecule has 0 spiro atoms. The first-order valence-electron chi connectivity index (χ1n) is 8.76. The molecule has 0 aromatic heterocycles. The standard InChI is InChI=1S/C18H36N2/c1-13-7-6-8-15(11-13)20(5)17-12-14(18(2,3)4)9-10-16(17)19/h13-17H,6-12,19H2,1-5H3. The number of nitrogens with zero attached hydrogens (tertiary/aromatic N) is 1. The van der Waals surface area contributed by atoms with Crippen LogP contribution in [0.2, 0.25) is 0 Å². The molecule has 0 radical (unpaired) electrons. The van der Waals surface area contributed by atoms with Gasteiger partial charge in [-0.3, -0.25) is 4.90 Å².